The Bertz CT molecular complexity index is 1190. The molecule has 0 aromatic rings. The lowest BCUT2D eigenvalue weighted by atomic mass is 10.0. The zero-order valence-corrected chi connectivity index (χ0v) is 42.1. The van der Waals surface area contributed by atoms with E-state index in [9.17, 15) is 19.8 Å². The molecule has 64 heavy (non-hydrogen) atoms. The summed E-state index contributed by atoms with van der Waals surface area (Å²) in [4.78, 5) is 26.2. The normalized spacial score (nSPS) is 13.8. The molecule has 0 heterocycles. The van der Waals surface area contributed by atoms with Gasteiger partial charge in [-0.05, 0) is 83.5 Å². The van der Waals surface area contributed by atoms with Crippen molar-refractivity contribution < 1.29 is 24.5 Å². The number of aliphatic hydroxyl groups excluding tert-OH is 2. The molecule has 0 aromatic heterocycles. The van der Waals surface area contributed by atoms with Gasteiger partial charge in [0, 0.05) is 6.42 Å². The summed E-state index contributed by atoms with van der Waals surface area (Å²) in [6.45, 7) is 6.32. The first kappa shape index (κ1) is 61.3. The molecule has 1 amide bonds. The van der Waals surface area contributed by atoms with Gasteiger partial charge in [0.05, 0.1) is 25.2 Å². The monoisotopic (exact) mass is 894 g/mol. The van der Waals surface area contributed by atoms with E-state index in [0.29, 0.717) is 19.3 Å². The van der Waals surface area contributed by atoms with Crippen molar-refractivity contribution in [3.8, 4) is 0 Å². The van der Waals surface area contributed by atoms with E-state index < -0.39 is 18.2 Å². The number of allylic oxidation sites excluding steroid dienone is 12. The molecule has 370 valence electrons. The molecule has 0 spiro atoms. The van der Waals surface area contributed by atoms with E-state index in [2.05, 4.69) is 99.0 Å². The maximum atomic E-state index is 13.2. The van der Waals surface area contributed by atoms with Crippen LogP contribution in [-0.2, 0) is 14.3 Å². The molecule has 0 aliphatic carbocycles. The lowest BCUT2D eigenvalue weighted by Gasteiger charge is -2.24. The number of rotatable bonds is 48. The Balaban J connectivity index is 4.64. The second-order valence-corrected chi connectivity index (χ2v) is 18.3. The van der Waals surface area contributed by atoms with Crippen molar-refractivity contribution in [1.82, 2.24) is 5.32 Å². The zero-order valence-electron chi connectivity index (χ0n) is 42.1. The summed E-state index contributed by atoms with van der Waals surface area (Å²) in [5.74, 6) is -0.524. The summed E-state index contributed by atoms with van der Waals surface area (Å²) in [5.41, 5.74) is 0. The van der Waals surface area contributed by atoms with Gasteiger partial charge >= 0.3 is 5.97 Å². The Labute approximate surface area is 396 Å². The first-order valence-corrected chi connectivity index (χ1v) is 27.2. The summed E-state index contributed by atoms with van der Waals surface area (Å²) >= 11 is 0. The maximum absolute atomic E-state index is 13.2. The van der Waals surface area contributed by atoms with Gasteiger partial charge in [-0.25, -0.2) is 0 Å². The van der Waals surface area contributed by atoms with E-state index in [-0.39, 0.29) is 24.9 Å². The fourth-order valence-corrected chi connectivity index (χ4v) is 7.97. The van der Waals surface area contributed by atoms with E-state index in [1.54, 1.807) is 0 Å². The third kappa shape index (κ3) is 45.9. The molecule has 3 unspecified atom stereocenters. The molecule has 0 bridgehead atoms. The lowest BCUT2D eigenvalue weighted by molar-refractivity contribution is -0.151. The van der Waals surface area contributed by atoms with Gasteiger partial charge < -0.3 is 20.3 Å². The fourth-order valence-electron chi connectivity index (χ4n) is 7.97. The number of amides is 1. The molecule has 0 saturated heterocycles. The van der Waals surface area contributed by atoms with Gasteiger partial charge in [-0.15, -0.1) is 0 Å². The fraction of sp³-hybridized carbons (Fsp3) is 0.759. The molecule has 0 aliphatic heterocycles. The van der Waals surface area contributed by atoms with E-state index in [1.165, 1.54) is 128 Å². The van der Waals surface area contributed by atoms with Gasteiger partial charge in [-0.3, -0.25) is 9.59 Å². The number of carbonyl (C=O) groups is 2. The third-order valence-corrected chi connectivity index (χ3v) is 12.1. The average molecular weight is 894 g/mol. The molecule has 0 fully saturated rings. The Morgan fingerprint density at radius 3 is 1.45 bits per heavy atom. The number of esters is 1. The van der Waals surface area contributed by atoms with Crippen LogP contribution in [0, 0.1) is 0 Å². The summed E-state index contributed by atoms with van der Waals surface area (Å²) in [6.07, 6.45) is 65.3. The van der Waals surface area contributed by atoms with E-state index in [0.717, 1.165) is 83.5 Å². The third-order valence-electron chi connectivity index (χ3n) is 12.1. The molecule has 3 N–H and O–H groups in total. The Kier molecular flexibility index (Phi) is 49.1. The molecular formula is C58H103NO5. The second-order valence-electron chi connectivity index (χ2n) is 18.3. The number of aliphatic hydroxyl groups is 2. The standard InChI is InChI=1S/C58H103NO5/c1-4-7-10-13-16-19-22-25-28-31-34-37-40-43-46-49-54(64-58(63)51-48-45-42-39-36-33-30-27-24-21-18-15-12-9-6-3)52-57(62)59-55(53-60)56(61)50-47-44-41-38-35-32-29-26-23-20-17-14-11-8-5-2/h9,12,15-16,18-19,21,24-25,28,34,37,54-56,60-61H,4-8,10-11,13-14,17,20,22-23,26-27,29-33,35-36,38-53H2,1-3H3,(H,59,62)/b12-9+,18-15+,19-16-,24-21+,28-25-,37-34-. The van der Waals surface area contributed by atoms with Crippen LogP contribution in [0.2, 0.25) is 0 Å². The topological polar surface area (TPSA) is 95.9 Å². The number of ether oxygens (including phenoxy) is 1. The molecule has 0 saturated carbocycles. The Morgan fingerprint density at radius 2 is 0.906 bits per heavy atom. The Hall–Kier alpha value is -2.70. The van der Waals surface area contributed by atoms with Crippen LogP contribution in [0.1, 0.15) is 258 Å². The molecule has 0 aromatic carbocycles. The van der Waals surface area contributed by atoms with Crippen molar-refractivity contribution in [3.63, 3.8) is 0 Å². The van der Waals surface area contributed by atoms with Gasteiger partial charge in [0.2, 0.25) is 5.91 Å². The van der Waals surface area contributed by atoms with Crippen LogP contribution in [0.15, 0.2) is 72.9 Å². The minimum absolute atomic E-state index is 0.0446. The van der Waals surface area contributed by atoms with Crippen molar-refractivity contribution >= 4 is 11.9 Å². The largest absolute Gasteiger partial charge is 0.462 e. The van der Waals surface area contributed by atoms with Crippen molar-refractivity contribution in [2.75, 3.05) is 6.61 Å². The van der Waals surface area contributed by atoms with Crippen LogP contribution >= 0.6 is 0 Å². The van der Waals surface area contributed by atoms with E-state index in [1.807, 2.05) is 0 Å². The molecular weight excluding hydrogens is 791 g/mol. The molecule has 6 nitrogen and oxygen atoms in total. The van der Waals surface area contributed by atoms with Crippen LogP contribution in [0.25, 0.3) is 0 Å². The zero-order chi connectivity index (χ0) is 46.7. The van der Waals surface area contributed by atoms with Gasteiger partial charge in [0.15, 0.2) is 0 Å². The molecule has 0 radical (unpaired) electrons. The van der Waals surface area contributed by atoms with Crippen LogP contribution < -0.4 is 5.32 Å². The van der Waals surface area contributed by atoms with Crippen molar-refractivity contribution in [2.45, 2.75) is 277 Å². The van der Waals surface area contributed by atoms with Crippen LogP contribution in [0.4, 0.5) is 0 Å². The Morgan fingerprint density at radius 1 is 0.484 bits per heavy atom. The quantitative estimate of drug-likeness (QED) is 0.0245. The highest BCUT2D eigenvalue weighted by Crippen LogP contribution is 2.17. The maximum Gasteiger partial charge on any atom is 0.306 e. The summed E-state index contributed by atoms with van der Waals surface area (Å²) < 4.78 is 5.92. The van der Waals surface area contributed by atoms with Gasteiger partial charge in [-0.2, -0.15) is 0 Å². The van der Waals surface area contributed by atoms with Gasteiger partial charge in [0.25, 0.3) is 0 Å². The average Bonchev–Trinajstić information content (AvgIpc) is 3.29. The number of hydrogen-bond donors (Lipinski definition) is 3. The second kappa shape index (κ2) is 51.3. The van der Waals surface area contributed by atoms with Crippen LogP contribution in [-0.4, -0.2) is 46.9 Å². The summed E-state index contributed by atoms with van der Waals surface area (Å²) in [6, 6.07) is -0.719. The molecule has 3 atom stereocenters. The first-order valence-electron chi connectivity index (χ1n) is 27.2. The number of carbonyl (C=O) groups excluding carboxylic acids is 2. The lowest BCUT2D eigenvalue weighted by Crippen LogP contribution is -2.46. The first-order chi connectivity index (χ1) is 31.5. The molecule has 0 aliphatic rings. The summed E-state index contributed by atoms with van der Waals surface area (Å²) in [7, 11) is 0. The minimum Gasteiger partial charge on any atom is -0.462 e. The SMILES string of the molecule is CC/C=C/C=C/C=C/CCCCCCCCCC(=O)OC(CCCC/C=C\C/C=C\C/C=C\CCCCC)CC(=O)NC(CO)C(O)CCCCCCCCCCCCCCCCC. The van der Waals surface area contributed by atoms with Crippen molar-refractivity contribution in [3.05, 3.63) is 72.9 Å². The smallest absolute Gasteiger partial charge is 0.306 e. The molecule has 0 rings (SSSR count). The molecule has 6 heteroatoms. The number of hydrogen-bond acceptors (Lipinski definition) is 5. The van der Waals surface area contributed by atoms with E-state index >= 15 is 0 Å². The van der Waals surface area contributed by atoms with E-state index in [4.69, 9.17) is 4.74 Å². The highest BCUT2D eigenvalue weighted by Gasteiger charge is 2.24. The summed E-state index contributed by atoms with van der Waals surface area (Å²) in [5, 5.41) is 23.8. The highest BCUT2D eigenvalue weighted by atomic mass is 16.5. The van der Waals surface area contributed by atoms with Gasteiger partial charge in [-0.1, -0.05) is 235 Å². The highest BCUT2D eigenvalue weighted by molar-refractivity contribution is 5.77. The van der Waals surface area contributed by atoms with Crippen molar-refractivity contribution in [2.24, 2.45) is 0 Å². The minimum atomic E-state index is -0.803. The van der Waals surface area contributed by atoms with Crippen LogP contribution in [0.5, 0.6) is 0 Å². The predicted molar refractivity (Wildman–Crippen MR) is 278 cm³/mol. The predicted octanol–water partition coefficient (Wildman–Crippen LogP) is 16.6. The van der Waals surface area contributed by atoms with Crippen molar-refractivity contribution in [1.29, 1.82) is 0 Å². The number of nitrogens with one attached hydrogen (secondary N) is 1. The van der Waals surface area contributed by atoms with Gasteiger partial charge in [0.1, 0.15) is 6.10 Å². The number of unbranched alkanes of at least 4 members (excludes halogenated alkanes) is 26. The van der Waals surface area contributed by atoms with Crippen LogP contribution in [0.3, 0.4) is 0 Å².